The van der Waals surface area contributed by atoms with Crippen molar-refractivity contribution in [2.45, 2.75) is 27.2 Å². The Balaban J connectivity index is 2.54. The first-order valence-corrected chi connectivity index (χ1v) is 6.25. The predicted molar refractivity (Wildman–Crippen MR) is 72.8 cm³/mol. The van der Waals surface area contributed by atoms with Gasteiger partial charge < -0.3 is 5.32 Å². The monoisotopic (exact) mass is 253 g/mol. The molecule has 1 rings (SSSR count). The minimum absolute atomic E-state index is 0.0720. The standard InChI is InChI=1S/C15H21F2N/c1-11(2)9-18-10-12(3)8-13-4-6-14(7-5-13)15(16)17/h4-8,11,15,18H,9-10H2,1-3H3/b12-8+. The van der Waals surface area contributed by atoms with E-state index in [2.05, 4.69) is 19.2 Å². The molecular formula is C15H21F2N. The fourth-order valence-electron chi connectivity index (χ4n) is 1.63. The maximum atomic E-state index is 12.4. The second kappa shape index (κ2) is 7.27. The van der Waals surface area contributed by atoms with E-state index in [1.54, 1.807) is 12.1 Å². The summed E-state index contributed by atoms with van der Waals surface area (Å²) in [4.78, 5) is 0. The topological polar surface area (TPSA) is 12.0 Å². The molecule has 3 heteroatoms. The Hall–Kier alpha value is -1.22. The third-order valence-corrected chi connectivity index (χ3v) is 2.56. The van der Waals surface area contributed by atoms with Gasteiger partial charge in [-0.25, -0.2) is 8.78 Å². The van der Waals surface area contributed by atoms with Gasteiger partial charge in [0.15, 0.2) is 0 Å². The fourth-order valence-corrected chi connectivity index (χ4v) is 1.63. The third kappa shape index (κ3) is 5.41. The first-order chi connectivity index (χ1) is 8.49. The van der Waals surface area contributed by atoms with E-state index in [0.717, 1.165) is 18.7 Å². The molecule has 1 nitrogen and oxygen atoms in total. The zero-order valence-electron chi connectivity index (χ0n) is 11.2. The molecule has 1 N–H and O–H groups in total. The lowest BCUT2D eigenvalue weighted by atomic mass is 10.1. The summed E-state index contributed by atoms with van der Waals surface area (Å²) < 4.78 is 24.8. The van der Waals surface area contributed by atoms with Crippen molar-refractivity contribution in [3.8, 4) is 0 Å². The lowest BCUT2D eigenvalue weighted by molar-refractivity contribution is 0.151. The van der Waals surface area contributed by atoms with E-state index >= 15 is 0 Å². The summed E-state index contributed by atoms with van der Waals surface area (Å²) in [7, 11) is 0. The van der Waals surface area contributed by atoms with E-state index in [-0.39, 0.29) is 5.56 Å². The van der Waals surface area contributed by atoms with E-state index in [4.69, 9.17) is 0 Å². The molecule has 0 aliphatic heterocycles. The third-order valence-electron chi connectivity index (χ3n) is 2.56. The first-order valence-electron chi connectivity index (χ1n) is 6.25. The first kappa shape index (κ1) is 14.8. The molecule has 0 fully saturated rings. The molecule has 0 bridgehead atoms. The molecule has 18 heavy (non-hydrogen) atoms. The molecule has 0 heterocycles. The van der Waals surface area contributed by atoms with Gasteiger partial charge in [0.1, 0.15) is 0 Å². The summed E-state index contributed by atoms with van der Waals surface area (Å²) in [6.07, 6.45) is -0.375. The van der Waals surface area contributed by atoms with Gasteiger partial charge in [0, 0.05) is 12.1 Å². The van der Waals surface area contributed by atoms with Crippen molar-refractivity contribution < 1.29 is 8.78 Å². The van der Waals surface area contributed by atoms with Crippen molar-refractivity contribution in [1.82, 2.24) is 5.32 Å². The number of hydrogen-bond donors (Lipinski definition) is 1. The van der Waals surface area contributed by atoms with Gasteiger partial charge in [0.25, 0.3) is 6.43 Å². The molecule has 100 valence electrons. The van der Waals surface area contributed by atoms with Crippen LogP contribution >= 0.6 is 0 Å². The average Bonchev–Trinajstić information content (AvgIpc) is 2.29. The highest BCUT2D eigenvalue weighted by Gasteiger charge is 2.05. The molecule has 0 saturated heterocycles. The molecule has 0 amide bonds. The number of halogens is 2. The van der Waals surface area contributed by atoms with Crippen molar-refractivity contribution in [3.63, 3.8) is 0 Å². The molecule has 0 radical (unpaired) electrons. The quantitative estimate of drug-likeness (QED) is 0.798. The molecule has 1 aromatic rings. The predicted octanol–water partition coefficient (Wildman–Crippen LogP) is 4.27. The zero-order valence-corrected chi connectivity index (χ0v) is 11.2. The van der Waals surface area contributed by atoms with Gasteiger partial charge in [0.2, 0.25) is 0 Å². The van der Waals surface area contributed by atoms with Crippen molar-refractivity contribution in [3.05, 3.63) is 41.0 Å². The number of nitrogens with one attached hydrogen (secondary N) is 1. The molecule has 1 aromatic carbocycles. The number of hydrogen-bond acceptors (Lipinski definition) is 1. The molecule has 0 aromatic heterocycles. The Bertz CT molecular complexity index is 380. The molecule has 0 aliphatic rings. The minimum atomic E-state index is -2.39. The van der Waals surface area contributed by atoms with Gasteiger partial charge in [-0.3, -0.25) is 0 Å². The molecular weight excluding hydrogens is 232 g/mol. The van der Waals surface area contributed by atoms with Gasteiger partial charge in [-0.2, -0.15) is 0 Å². The highest BCUT2D eigenvalue weighted by molar-refractivity contribution is 5.53. The normalized spacial score (nSPS) is 12.5. The Kier molecular flexibility index (Phi) is 5.99. The summed E-state index contributed by atoms with van der Waals surface area (Å²) in [5, 5.41) is 3.35. The Morgan fingerprint density at radius 3 is 2.33 bits per heavy atom. The zero-order chi connectivity index (χ0) is 13.5. The van der Waals surface area contributed by atoms with E-state index in [1.807, 2.05) is 13.0 Å². The second-order valence-corrected chi connectivity index (χ2v) is 4.98. The van der Waals surface area contributed by atoms with E-state index in [0.29, 0.717) is 5.92 Å². The highest BCUT2D eigenvalue weighted by Crippen LogP contribution is 2.19. The van der Waals surface area contributed by atoms with Crippen molar-refractivity contribution >= 4 is 6.08 Å². The van der Waals surface area contributed by atoms with E-state index in [1.165, 1.54) is 17.7 Å². The lowest BCUT2D eigenvalue weighted by Crippen LogP contribution is -2.21. The van der Waals surface area contributed by atoms with Crippen LogP contribution in [0.4, 0.5) is 8.78 Å². The molecule has 0 spiro atoms. The Morgan fingerprint density at radius 2 is 1.83 bits per heavy atom. The lowest BCUT2D eigenvalue weighted by Gasteiger charge is -2.07. The fraction of sp³-hybridized carbons (Fsp3) is 0.467. The van der Waals surface area contributed by atoms with Crippen LogP contribution in [0.3, 0.4) is 0 Å². The van der Waals surface area contributed by atoms with Crippen molar-refractivity contribution in [2.24, 2.45) is 5.92 Å². The van der Waals surface area contributed by atoms with Crippen LogP contribution in [-0.4, -0.2) is 13.1 Å². The smallest absolute Gasteiger partial charge is 0.263 e. The summed E-state index contributed by atoms with van der Waals surface area (Å²) in [5.74, 6) is 0.628. The Labute approximate surface area is 108 Å². The van der Waals surface area contributed by atoms with E-state index in [9.17, 15) is 8.78 Å². The van der Waals surface area contributed by atoms with Crippen LogP contribution in [-0.2, 0) is 0 Å². The van der Waals surface area contributed by atoms with Crippen LogP contribution in [0.15, 0.2) is 29.8 Å². The summed E-state index contributed by atoms with van der Waals surface area (Å²) in [6.45, 7) is 8.17. The van der Waals surface area contributed by atoms with Gasteiger partial charge in [-0.15, -0.1) is 0 Å². The minimum Gasteiger partial charge on any atom is -0.313 e. The number of alkyl halides is 2. The molecule has 0 unspecified atom stereocenters. The number of benzene rings is 1. The van der Waals surface area contributed by atoms with Gasteiger partial charge in [0.05, 0.1) is 0 Å². The summed E-state index contributed by atoms with van der Waals surface area (Å²) >= 11 is 0. The highest BCUT2D eigenvalue weighted by atomic mass is 19.3. The van der Waals surface area contributed by atoms with Crippen LogP contribution in [0.25, 0.3) is 6.08 Å². The second-order valence-electron chi connectivity index (χ2n) is 4.98. The SMILES string of the molecule is C/C(=C\c1ccc(C(F)F)cc1)CNCC(C)C. The van der Waals surface area contributed by atoms with E-state index < -0.39 is 6.43 Å². The van der Waals surface area contributed by atoms with Crippen molar-refractivity contribution in [1.29, 1.82) is 0 Å². The molecule has 0 atom stereocenters. The number of rotatable bonds is 6. The van der Waals surface area contributed by atoms with Crippen LogP contribution in [0.2, 0.25) is 0 Å². The van der Waals surface area contributed by atoms with Crippen LogP contribution < -0.4 is 5.32 Å². The molecule has 0 saturated carbocycles. The largest absolute Gasteiger partial charge is 0.313 e. The van der Waals surface area contributed by atoms with Crippen LogP contribution in [0, 0.1) is 5.92 Å². The molecule has 0 aliphatic carbocycles. The average molecular weight is 253 g/mol. The van der Waals surface area contributed by atoms with Gasteiger partial charge in [-0.05, 0) is 24.9 Å². The van der Waals surface area contributed by atoms with Crippen LogP contribution in [0.5, 0.6) is 0 Å². The Morgan fingerprint density at radius 1 is 1.22 bits per heavy atom. The van der Waals surface area contributed by atoms with Gasteiger partial charge >= 0.3 is 0 Å². The van der Waals surface area contributed by atoms with Crippen molar-refractivity contribution in [2.75, 3.05) is 13.1 Å². The maximum Gasteiger partial charge on any atom is 0.263 e. The maximum absolute atomic E-state index is 12.4. The summed E-state index contributed by atoms with van der Waals surface area (Å²) in [5.41, 5.74) is 2.23. The van der Waals surface area contributed by atoms with Crippen LogP contribution in [0.1, 0.15) is 38.3 Å². The summed E-state index contributed by atoms with van der Waals surface area (Å²) in [6, 6.07) is 6.41. The van der Waals surface area contributed by atoms with Gasteiger partial charge in [-0.1, -0.05) is 49.8 Å².